The van der Waals surface area contributed by atoms with E-state index in [2.05, 4.69) is 0 Å². The van der Waals surface area contributed by atoms with E-state index in [1.54, 1.807) is 0 Å². The Kier molecular flexibility index (Phi) is 4.59. The van der Waals surface area contributed by atoms with Crippen LogP contribution in [0.5, 0.6) is 0 Å². The topological polar surface area (TPSA) is 76.5 Å². The zero-order chi connectivity index (χ0) is 15.4. The minimum absolute atomic E-state index is 0. The van der Waals surface area contributed by atoms with Crippen LogP contribution in [0, 0.1) is 6.92 Å². The SMILES string of the molecule is Cc1ccc2oc3c(c2c1)C(S(N)(=O)=O)C(N(C)C)CC3.Cl. The second-order valence-corrected chi connectivity index (χ2v) is 7.70. The molecular weight excluding hydrogens is 324 g/mol. The van der Waals surface area contributed by atoms with Crippen LogP contribution in [0.4, 0.5) is 0 Å². The number of halogens is 1. The smallest absolute Gasteiger partial charge is 0.217 e. The number of likely N-dealkylation sites (N-methyl/N-ethyl adjacent to an activating group) is 1. The zero-order valence-corrected chi connectivity index (χ0v) is 14.5. The van der Waals surface area contributed by atoms with Crippen LogP contribution >= 0.6 is 12.4 Å². The molecule has 1 heterocycles. The van der Waals surface area contributed by atoms with Crippen molar-refractivity contribution in [2.24, 2.45) is 5.14 Å². The van der Waals surface area contributed by atoms with Gasteiger partial charge in [0.05, 0.1) is 0 Å². The minimum Gasteiger partial charge on any atom is -0.461 e. The Bertz CT molecular complexity index is 798. The highest BCUT2D eigenvalue weighted by molar-refractivity contribution is 7.89. The van der Waals surface area contributed by atoms with Gasteiger partial charge in [0, 0.05) is 23.4 Å². The van der Waals surface area contributed by atoms with E-state index in [9.17, 15) is 8.42 Å². The number of benzene rings is 1. The van der Waals surface area contributed by atoms with Crippen molar-refractivity contribution in [1.29, 1.82) is 0 Å². The Labute approximate surface area is 136 Å². The van der Waals surface area contributed by atoms with E-state index in [0.29, 0.717) is 0 Å². The average molecular weight is 345 g/mol. The number of primary sulfonamides is 1. The Morgan fingerprint density at radius 1 is 1.32 bits per heavy atom. The van der Waals surface area contributed by atoms with E-state index in [-0.39, 0.29) is 18.4 Å². The number of fused-ring (bicyclic) bond motifs is 3. The molecule has 22 heavy (non-hydrogen) atoms. The summed E-state index contributed by atoms with van der Waals surface area (Å²) in [6.45, 7) is 1.98. The lowest BCUT2D eigenvalue weighted by Crippen LogP contribution is -2.43. The Morgan fingerprint density at radius 2 is 2.00 bits per heavy atom. The zero-order valence-electron chi connectivity index (χ0n) is 12.9. The molecule has 5 nitrogen and oxygen atoms in total. The standard InChI is InChI=1S/C15H20N2O3S.ClH/c1-9-4-6-12-10(8-9)14-13(20-12)7-5-11(17(2)3)15(14)21(16,18)19;/h4,6,8,11,15H,5,7H2,1-3H3,(H2,16,18,19);1H. The van der Waals surface area contributed by atoms with Crippen molar-refractivity contribution in [3.8, 4) is 0 Å². The van der Waals surface area contributed by atoms with Gasteiger partial charge in [-0.3, -0.25) is 0 Å². The van der Waals surface area contributed by atoms with Crippen molar-refractivity contribution >= 4 is 33.4 Å². The number of nitrogens with two attached hydrogens (primary N) is 1. The molecular formula is C15H21ClN2O3S. The first-order chi connectivity index (χ1) is 9.79. The first kappa shape index (κ1) is 17.3. The van der Waals surface area contributed by atoms with Gasteiger partial charge in [-0.15, -0.1) is 12.4 Å². The Balaban J connectivity index is 0.00000176. The molecule has 0 spiro atoms. The molecule has 2 N–H and O–H groups in total. The fourth-order valence-electron chi connectivity index (χ4n) is 3.31. The predicted molar refractivity (Wildman–Crippen MR) is 89.8 cm³/mol. The van der Waals surface area contributed by atoms with Crippen LogP contribution in [0.1, 0.15) is 28.6 Å². The van der Waals surface area contributed by atoms with Crippen LogP contribution in [0.3, 0.4) is 0 Å². The summed E-state index contributed by atoms with van der Waals surface area (Å²) in [5, 5.41) is 5.68. The summed E-state index contributed by atoms with van der Waals surface area (Å²) in [4.78, 5) is 1.94. The molecule has 2 unspecified atom stereocenters. The third kappa shape index (κ3) is 2.76. The molecule has 1 aromatic heterocycles. The van der Waals surface area contributed by atoms with Crippen molar-refractivity contribution < 1.29 is 12.8 Å². The highest BCUT2D eigenvalue weighted by Gasteiger charge is 2.41. The van der Waals surface area contributed by atoms with Crippen LogP contribution < -0.4 is 5.14 Å². The summed E-state index contributed by atoms with van der Waals surface area (Å²) in [6, 6.07) is 5.71. The van der Waals surface area contributed by atoms with Gasteiger partial charge < -0.3 is 9.32 Å². The van der Waals surface area contributed by atoms with Gasteiger partial charge in [0.2, 0.25) is 10.0 Å². The third-order valence-electron chi connectivity index (χ3n) is 4.28. The van der Waals surface area contributed by atoms with Crippen molar-refractivity contribution in [2.45, 2.75) is 31.1 Å². The molecule has 0 radical (unpaired) electrons. The van der Waals surface area contributed by atoms with Gasteiger partial charge in [-0.2, -0.15) is 0 Å². The molecule has 7 heteroatoms. The molecule has 0 aliphatic heterocycles. The van der Waals surface area contributed by atoms with Gasteiger partial charge in [0.1, 0.15) is 16.6 Å². The van der Waals surface area contributed by atoms with E-state index in [1.165, 1.54) is 0 Å². The van der Waals surface area contributed by atoms with E-state index < -0.39 is 15.3 Å². The largest absolute Gasteiger partial charge is 0.461 e. The monoisotopic (exact) mass is 344 g/mol. The number of rotatable bonds is 2. The molecule has 0 saturated heterocycles. The molecule has 1 aliphatic carbocycles. The average Bonchev–Trinajstić information content (AvgIpc) is 2.74. The first-order valence-corrected chi connectivity index (χ1v) is 8.60. The summed E-state index contributed by atoms with van der Waals surface area (Å²) in [5.74, 6) is 0.757. The van der Waals surface area contributed by atoms with Crippen LogP contribution in [0.15, 0.2) is 22.6 Å². The van der Waals surface area contributed by atoms with Gasteiger partial charge in [-0.25, -0.2) is 13.6 Å². The third-order valence-corrected chi connectivity index (χ3v) is 5.53. The maximum atomic E-state index is 12.2. The summed E-state index contributed by atoms with van der Waals surface area (Å²) >= 11 is 0. The van der Waals surface area contributed by atoms with Gasteiger partial charge in [-0.05, 0) is 39.6 Å². The lowest BCUT2D eigenvalue weighted by molar-refractivity contribution is 0.251. The van der Waals surface area contributed by atoms with Crippen LogP contribution in [0.25, 0.3) is 11.0 Å². The lowest BCUT2D eigenvalue weighted by atomic mass is 9.90. The number of hydrogen-bond acceptors (Lipinski definition) is 4. The molecule has 122 valence electrons. The second kappa shape index (κ2) is 5.85. The molecule has 2 atom stereocenters. The highest BCUT2D eigenvalue weighted by atomic mass is 35.5. The fourth-order valence-corrected chi connectivity index (χ4v) is 4.72. The number of sulfonamides is 1. The molecule has 2 aromatic rings. The molecule has 3 rings (SSSR count). The first-order valence-electron chi connectivity index (χ1n) is 6.99. The number of hydrogen-bond donors (Lipinski definition) is 1. The number of nitrogens with zero attached hydrogens (tertiary/aromatic N) is 1. The van der Waals surface area contributed by atoms with E-state index in [0.717, 1.165) is 40.7 Å². The number of aryl methyl sites for hydroxylation is 2. The van der Waals surface area contributed by atoms with Crippen molar-refractivity contribution in [3.63, 3.8) is 0 Å². The van der Waals surface area contributed by atoms with Gasteiger partial charge in [0.15, 0.2) is 0 Å². The summed E-state index contributed by atoms with van der Waals surface area (Å²) in [6.07, 6.45) is 1.46. The summed E-state index contributed by atoms with van der Waals surface area (Å²) in [7, 11) is 0.0711. The predicted octanol–water partition coefficient (Wildman–Crippen LogP) is 2.37. The minimum atomic E-state index is -3.71. The number of furan rings is 1. The molecule has 0 amide bonds. The van der Waals surface area contributed by atoms with E-state index in [1.807, 2.05) is 44.1 Å². The maximum absolute atomic E-state index is 12.2. The molecule has 0 saturated carbocycles. The Morgan fingerprint density at radius 3 is 2.59 bits per heavy atom. The van der Waals surface area contributed by atoms with E-state index in [4.69, 9.17) is 9.56 Å². The molecule has 1 aromatic carbocycles. The van der Waals surface area contributed by atoms with E-state index >= 15 is 0 Å². The van der Waals surface area contributed by atoms with Crippen LogP contribution in [0.2, 0.25) is 0 Å². The van der Waals surface area contributed by atoms with Gasteiger partial charge in [-0.1, -0.05) is 11.6 Å². The Hall–Kier alpha value is -1.08. The van der Waals surface area contributed by atoms with Crippen molar-refractivity contribution in [3.05, 3.63) is 35.1 Å². The molecule has 1 aliphatic rings. The maximum Gasteiger partial charge on any atom is 0.217 e. The highest BCUT2D eigenvalue weighted by Crippen LogP contribution is 2.42. The quantitative estimate of drug-likeness (QED) is 0.907. The normalized spacial score (nSPS) is 21.7. The fraction of sp³-hybridized carbons (Fsp3) is 0.467. The van der Waals surface area contributed by atoms with Gasteiger partial charge >= 0.3 is 0 Å². The van der Waals surface area contributed by atoms with Crippen LogP contribution in [-0.2, 0) is 16.4 Å². The van der Waals surface area contributed by atoms with Crippen molar-refractivity contribution in [1.82, 2.24) is 4.90 Å². The molecule has 0 fully saturated rings. The summed E-state index contributed by atoms with van der Waals surface area (Å²) in [5.41, 5.74) is 2.56. The lowest BCUT2D eigenvalue weighted by Gasteiger charge is -2.34. The van der Waals surface area contributed by atoms with Gasteiger partial charge in [0.25, 0.3) is 0 Å². The van der Waals surface area contributed by atoms with Crippen molar-refractivity contribution in [2.75, 3.05) is 14.1 Å². The molecule has 0 bridgehead atoms. The summed E-state index contributed by atoms with van der Waals surface area (Å²) < 4.78 is 30.3. The second-order valence-electron chi connectivity index (χ2n) is 6.02. The van der Waals surface area contributed by atoms with Crippen LogP contribution in [-0.4, -0.2) is 33.5 Å².